The Labute approximate surface area is 229 Å². The SMILES string of the molecule is CCOc1ccc(/C(O)=C2/C(=O)C(=O)N(c3ccc(NC(C)=O)cc3)C2c2ccc(CC)cc2)cc1C(C)C. The summed E-state index contributed by atoms with van der Waals surface area (Å²) in [6, 6.07) is 18.9. The third kappa shape index (κ3) is 5.58. The zero-order valence-corrected chi connectivity index (χ0v) is 22.9. The summed E-state index contributed by atoms with van der Waals surface area (Å²) in [7, 11) is 0. The number of nitrogens with zero attached hydrogens (tertiary/aromatic N) is 1. The normalized spacial score (nSPS) is 16.6. The average molecular weight is 527 g/mol. The number of aryl methyl sites for hydroxylation is 1. The van der Waals surface area contributed by atoms with Crippen LogP contribution < -0.4 is 15.0 Å². The van der Waals surface area contributed by atoms with E-state index in [1.165, 1.54) is 11.8 Å². The summed E-state index contributed by atoms with van der Waals surface area (Å²) in [6.45, 7) is 9.94. The van der Waals surface area contributed by atoms with E-state index in [2.05, 4.69) is 12.2 Å². The molecule has 1 aliphatic rings. The third-order valence-corrected chi connectivity index (χ3v) is 6.82. The third-order valence-electron chi connectivity index (χ3n) is 6.82. The van der Waals surface area contributed by atoms with Gasteiger partial charge in [0, 0.05) is 23.9 Å². The summed E-state index contributed by atoms with van der Waals surface area (Å²) in [5.41, 5.74) is 4.22. The van der Waals surface area contributed by atoms with E-state index >= 15 is 0 Å². The molecule has 2 amide bonds. The Morgan fingerprint density at radius 1 is 1.00 bits per heavy atom. The first-order chi connectivity index (χ1) is 18.7. The van der Waals surface area contributed by atoms with Gasteiger partial charge in [-0.05, 0) is 78.4 Å². The number of benzene rings is 3. The molecule has 39 heavy (non-hydrogen) atoms. The quantitative estimate of drug-likeness (QED) is 0.202. The van der Waals surface area contributed by atoms with E-state index in [0.29, 0.717) is 29.1 Å². The zero-order chi connectivity index (χ0) is 28.3. The average Bonchev–Trinajstić information content (AvgIpc) is 3.18. The van der Waals surface area contributed by atoms with Gasteiger partial charge in [-0.15, -0.1) is 0 Å². The molecule has 3 aromatic carbocycles. The molecule has 0 radical (unpaired) electrons. The highest BCUT2D eigenvalue weighted by Gasteiger charge is 2.47. The maximum absolute atomic E-state index is 13.5. The number of amides is 2. The Morgan fingerprint density at radius 3 is 2.23 bits per heavy atom. The summed E-state index contributed by atoms with van der Waals surface area (Å²) in [4.78, 5) is 39.9. The van der Waals surface area contributed by atoms with Gasteiger partial charge < -0.3 is 15.2 Å². The van der Waals surface area contributed by atoms with Gasteiger partial charge in [-0.3, -0.25) is 19.3 Å². The van der Waals surface area contributed by atoms with Crippen LogP contribution in [-0.2, 0) is 20.8 Å². The predicted molar refractivity (Wildman–Crippen MR) is 153 cm³/mol. The topological polar surface area (TPSA) is 95.9 Å². The highest BCUT2D eigenvalue weighted by Crippen LogP contribution is 2.43. The number of nitrogens with one attached hydrogen (secondary N) is 1. The number of Topliss-reactive ketones (excluding diaryl/α,β-unsaturated/α-hetero) is 1. The summed E-state index contributed by atoms with van der Waals surface area (Å²) in [5.74, 6) is -1.11. The van der Waals surface area contributed by atoms with Crippen molar-refractivity contribution in [3.8, 4) is 5.75 Å². The highest BCUT2D eigenvalue weighted by atomic mass is 16.5. The maximum atomic E-state index is 13.5. The molecule has 7 heteroatoms. The number of hydrogen-bond donors (Lipinski definition) is 2. The monoisotopic (exact) mass is 526 g/mol. The number of rotatable bonds is 8. The number of ether oxygens (including phenoxy) is 1. The summed E-state index contributed by atoms with van der Waals surface area (Å²) >= 11 is 0. The highest BCUT2D eigenvalue weighted by molar-refractivity contribution is 6.51. The minimum absolute atomic E-state index is 0.0223. The second-order valence-electron chi connectivity index (χ2n) is 9.83. The fourth-order valence-corrected chi connectivity index (χ4v) is 4.85. The van der Waals surface area contributed by atoms with Crippen LogP contribution in [0, 0.1) is 0 Å². The molecule has 2 N–H and O–H groups in total. The molecule has 0 bridgehead atoms. The number of carbonyl (C=O) groups is 3. The molecule has 1 unspecified atom stereocenters. The molecule has 1 fully saturated rings. The maximum Gasteiger partial charge on any atom is 0.300 e. The van der Waals surface area contributed by atoms with Crippen molar-refractivity contribution in [1.82, 2.24) is 0 Å². The first kappa shape index (κ1) is 27.6. The van der Waals surface area contributed by atoms with Gasteiger partial charge in [0.05, 0.1) is 18.2 Å². The Kier molecular flexibility index (Phi) is 8.19. The van der Waals surface area contributed by atoms with Gasteiger partial charge in [-0.2, -0.15) is 0 Å². The van der Waals surface area contributed by atoms with E-state index in [0.717, 1.165) is 23.3 Å². The van der Waals surface area contributed by atoms with Crippen LogP contribution in [-0.4, -0.2) is 29.3 Å². The number of aliphatic hydroxyl groups excluding tert-OH is 1. The largest absolute Gasteiger partial charge is 0.507 e. The molecule has 7 nitrogen and oxygen atoms in total. The van der Waals surface area contributed by atoms with Gasteiger partial charge >= 0.3 is 0 Å². The number of aliphatic hydroxyl groups is 1. The molecule has 0 spiro atoms. The minimum atomic E-state index is -0.836. The molecule has 3 aromatic rings. The van der Waals surface area contributed by atoms with Crippen molar-refractivity contribution < 1.29 is 24.2 Å². The molecule has 1 atom stereocenters. The molecule has 0 aliphatic carbocycles. The Balaban J connectivity index is 1.88. The van der Waals surface area contributed by atoms with Crippen molar-refractivity contribution in [2.75, 3.05) is 16.8 Å². The van der Waals surface area contributed by atoms with Crippen molar-refractivity contribution in [3.05, 3.63) is 94.6 Å². The fourth-order valence-electron chi connectivity index (χ4n) is 4.85. The van der Waals surface area contributed by atoms with Gasteiger partial charge in [0.2, 0.25) is 5.91 Å². The Hall–Kier alpha value is -4.39. The predicted octanol–water partition coefficient (Wildman–Crippen LogP) is 6.36. The van der Waals surface area contributed by atoms with Gasteiger partial charge in [0.1, 0.15) is 11.5 Å². The van der Waals surface area contributed by atoms with E-state index in [9.17, 15) is 19.5 Å². The smallest absolute Gasteiger partial charge is 0.300 e. The van der Waals surface area contributed by atoms with E-state index in [1.807, 2.05) is 51.1 Å². The lowest BCUT2D eigenvalue weighted by atomic mass is 9.92. The molecule has 4 rings (SSSR count). The molecule has 1 aliphatic heterocycles. The van der Waals surface area contributed by atoms with Crippen LogP contribution in [0.2, 0.25) is 0 Å². The number of ketones is 1. The van der Waals surface area contributed by atoms with Crippen molar-refractivity contribution in [3.63, 3.8) is 0 Å². The van der Waals surface area contributed by atoms with Crippen molar-refractivity contribution in [2.45, 2.75) is 53.0 Å². The number of anilines is 2. The van der Waals surface area contributed by atoms with Crippen LogP contribution in [0.15, 0.2) is 72.3 Å². The zero-order valence-electron chi connectivity index (χ0n) is 22.9. The van der Waals surface area contributed by atoms with Crippen LogP contribution >= 0.6 is 0 Å². The standard InChI is InChI=1S/C32H34N2O5/c1-6-21-8-10-22(11-9-21)29-28(30(36)23-12-17-27(39-7-2)26(18-23)19(3)4)31(37)32(38)34(29)25-15-13-24(14-16-25)33-20(5)35/h8-19,29,36H,6-7H2,1-5H3,(H,33,35)/b30-28-. The second kappa shape index (κ2) is 11.6. The van der Waals surface area contributed by atoms with Crippen LogP contribution in [0.25, 0.3) is 5.76 Å². The van der Waals surface area contributed by atoms with Crippen LogP contribution in [0.4, 0.5) is 11.4 Å². The minimum Gasteiger partial charge on any atom is -0.507 e. The summed E-state index contributed by atoms with van der Waals surface area (Å²) in [5, 5.41) is 14.3. The fraction of sp³-hybridized carbons (Fsp3) is 0.281. The molecular weight excluding hydrogens is 492 g/mol. The Bertz CT molecular complexity index is 1420. The first-order valence-electron chi connectivity index (χ1n) is 13.2. The molecule has 0 aromatic heterocycles. The van der Waals surface area contributed by atoms with Gasteiger partial charge in [0.25, 0.3) is 11.7 Å². The van der Waals surface area contributed by atoms with Crippen molar-refractivity contribution in [1.29, 1.82) is 0 Å². The summed E-state index contributed by atoms with van der Waals surface area (Å²) in [6.07, 6.45) is 0.842. The Morgan fingerprint density at radius 2 is 1.67 bits per heavy atom. The lowest BCUT2D eigenvalue weighted by Gasteiger charge is -2.26. The van der Waals surface area contributed by atoms with Gasteiger partial charge in [-0.25, -0.2) is 0 Å². The summed E-state index contributed by atoms with van der Waals surface area (Å²) < 4.78 is 5.76. The lowest BCUT2D eigenvalue weighted by Crippen LogP contribution is -2.29. The van der Waals surface area contributed by atoms with E-state index in [4.69, 9.17) is 4.74 Å². The molecule has 1 heterocycles. The van der Waals surface area contributed by atoms with Gasteiger partial charge in [-0.1, -0.05) is 45.0 Å². The van der Waals surface area contributed by atoms with E-state index in [-0.39, 0.29) is 23.2 Å². The number of hydrogen-bond acceptors (Lipinski definition) is 5. The van der Waals surface area contributed by atoms with E-state index in [1.54, 1.807) is 36.4 Å². The van der Waals surface area contributed by atoms with Crippen molar-refractivity contribution in [2.24, 2.45) is 0 Å². The first-order valence-corrected chi connectivity index (χ1v) is 13.2. The lowest BCUT2D eigenvalue weighted by molar-refractivity contribution is -0.132. The molecule has 1 saturated heterocycles. The molecule has 0 saturated carbocycles. The van der Waals surface area contributed by atoms with Crippen LogP contribution in [0.3, 0.4) is 0 Å². The molecule has 202 valence electrons. The molecular formula is C32H34N2O5. The van der Waals surface area contributed by atoms with Crippen LogP contribution in [0.1, 0.15) is 68.8 Å². The van der Waals surface area contributed by atoms with E-state index < -0.39 is 17.7 Å². The van der Waals surface area contributed by atoms with Crippen molar-refractivity contribution >= 4 is 34.7 Å². The second-order valence-corrected chi connectivity index (χ2v) is 9.83. The number of carbonyl (C=O) groups excluding carboxylic acids is 3. The van der Waals surface area contributed by atoms with Crippen LogP contribution in [0.5, 0.6) is 5.75 Å². The van der Waals surface area contributed by atoms with Gasteiger partial charge in [0.15, 0.2) is 0 Å².